The van der Waals surface area contributed by atoms with E-state index in [9.17, 15) is 9.90 Å². The molecule has 1 aliphatic carbocycles. The van der Waals surface area contributed by atoms with E-state index >= 15 is 0 Å². The van der Waals surface area contributed by atoms with Gasteiger partial charge in [-0.1, -0.05) is 30.3 Å². The molecule has 2 fully saturated rings. The highest BCUT2D eigenvalue weighted by Gasteiger charge is 2.36. The second-order valence-corrected chi connectivity index (χ2v) is 7.99. The number of hydrogen-bond donors (Lipinski definition) is 2. The average molecular weight is 376 g/mol. The first-order chi connectivity index (χ1) is 13.1. The molecule has 0 amide bonds. The molecule has 5 nitrogen and oxygen atoms in total. The first-order valence-electron chi connectivity index (χ1n) is 10.3. The Morgan fingerprint density at radius 3 is 2.70 bits per heavy atom. The van der Waals surface area contributed by atoms with E-state index in [0.29, 0.717) is 6.42 Å². The summed E-state index contributed by atoms with van der Waals surface area (Å²) in [5.41, 5.74) is 1.24. The summed E-state index contributed by atoms with van der Waals surface area (Å²) in [6.45, 7) is 0.762. The van der Waals surface area contributed by atoms with E-state index in [2.05, 4.69) is 12.1 Å². The van der Waals surface area contributed by atoms with Crippen molar-refractivity contribution in [3.63, 3.8) is 0 Å². The molecule has 1 saturated carbocycles. The molecular weight excluding hydrogens is 344 g/mol. The normalized spacial score (nSPS) is 29.5. The van der Waals surface area contributed by atoms with Gasteiger partial charge in [0.1, 0.15) is 0 Å². The Morgan fingerprint density at radius 1 is 1.19 bits per heavy atom. The molecule has 5 atom stereocenters. The van der Waals surface area contributed by atoms with Crippen molar-refractivity contribution in [1.82, 2.24) is 0 Å². The maximum Gasteiger partial charge on any atom is 0.303 e. The molecule has 0 spiro atoms. The molecule has 5 unspecified atom stereocenters. The van der Waals surface area contributed by atoms with Gasteiger partial charge in [-0.25, -0.2) is 0 Å². The molecule has 0 radical (unpaired) electrons. The summed E-state index contributed by atoms with van der Waals surface area (Å²) in [5, 5.41) is 19.3. The van der Waals surface area contributed by atoms with Crippen molar-refractivity contribution < 1.29 is 24.5 Å². The van der Waals surface area contributed by atoms with Gasteiger partial charge in [-0.05, 0) is 68.8 Å². The standard InChI is InChI=1S/C22H32O5/c23-20-12-10-17(19(20)15-21(24)25)9-11-18(14-16-6-2-1-3-7-16)27-22-8-4-5-13-26-22/h1-3,6-7,17-20,22-23H,4-5,8-15H2,(H,24,25). The fraction of sp³-hybridized carbons (Fsp3) is 0.682. The predicted octanol–water partition coefficient (Wildman–Crippen LogP) is 3.78. The summed E-state index contributed by atoms with van der Waals surface area (Å²) in [7, 11) is 0. The molecule has 2 N–H and O–H groups in total. The number of carboxylic acid groups (broad SMARTS) is 1. The van der Waals surface area contributed by atoms with E-state index in [-0.39, 0.29) is 30.7 Å². The van der Waals surface area contributed by atoms with Gasteiger partial charge < -0.3 is 19.7 Å². The number of carbonyl (C=O) groups is 1. The van der Waals surface area contributed by atoms with Crippen LogP contribution in [0.15, 0.2) is 30.3 Å². The minimum Gasteiger partial charge on any atom is -0.481 e. The highest BCUT2D eigenvalue weighted by atomic mass is 16.7. The Bertz CT molecular complexity index is 569. The van der Waals surface area contributed by atoms with Gasteiger partial charge in [0.2, 0.25) is 0 Å². The van der Waals surface area contributed by atoms with Crippen LogP contribution in [0, 0.1) is 11.8 Å². The number of carboxylic acids is 1. The van der Waals surface area contributed by atoms with Crippen molar-refractivity contribution in [2.45, 2.75) is 76.3 Å². The van der Waals surface area contributed by atoms with Crippen molar-refractivity contribution in [2.24, 2.45) is 11.8 Å². The van der Waals surface area contributed by atoms with Gasteiger partial charge in [-0.3, -0.25) is 4.79 Å². The summed E-state index contributed by atoms with van der Waals surface area (Å²) in [6, 6.07) is 10.3. The van der Waals surface area contributed by atoms with E-state index in [1.165, 1.54) is 5.56 Å². The maximum absolute atomic E-state index is 11.1. The van der Waals surface area contributed by atoms with Crippen LogP contribution in [0.25, 0.3) is 0 Å². The lowest BCUT2D eigenvalue weighted by atomic mass is 9.86. The molecule has 1 aromatic rings. The van der Waals surface area contributed by atoms with Crippen LogP contribution in [-0.2, 0) is 20.7 Å². The lowest BCUT2D eigenvalue weighted by Gasteiger charge is -2.29. The Labute approximate surface area is 161 Å². The zero-order chi connectivity index (χ0) is 19.1. The van der Waals surface area contributed by atoms with Crippen LogP contribution in [-0.4, -0.2) is 41.3 Å². The van der Waals surface area contributed by atoms with Crippen molar-refractivity contribution in [1.29, 1.82) is 0 Å². The van der Waals surface area contributed by atoms with Gasteiger partial charge in [-0.15, -0.1) is 0 Å². The quantitative estimate of drug-likeness (QED) is 0.686. The van der Waals surface area contributed by atoms with Gasteiger partial charge in [0.25, 0.3) is 0 Å². The molecule has 1 saturated heterocycles. The van der Waals surface area contributed by atoms with Crippen LogP contribution in [0.1, 0.15) is 56.9 Å². The fourth-order valence-electron chi connectivity index (χ4n) is 4.52. The lowest BCUT2D eigenvalue weighted by molar-refractivity contribution is -0.189. The molecule has 1 heterocycles. The third kappa shape index (κ3) is 6.30. The Kier molecular flexibility index (Phi) is 7.68. The first kappa shape index (κ1) is 20.3. The molecule has 5 heteroatoms. The number of hydrogen-bond acceptors (Lipinski definition) is 4. The molecule has 1 aromatic carbocycles. The van der Waals surface area contributed by atoms with Gasteiger partial charge >= 0.3 is 5.97 Å². The molecule has 2 aliphatic rings. The van der Waals surface area contributed by atoms with E-state index in [4.69, 9.17) is 14.6 Å². The largest absolute Gasteiger partial charge is 0.481 e. The minimum absolute atomic E-state index is 0.0544. The molecular formula is C22H32O5. The third-order valence-electron chi connectivity index (χ3n) is 5.99. The summed E-state index contributed by atoms with van der Waals surface area (Å²) >= 11 is 0. The highest BCUT2D eigenvalue weighted by molar-refractivity contribution is 5.67. The van der Waals surface area contributed by atoms with Crippen molar-refractivity contribution in [3.05, 3.63) is 35.9 Å². The number of benzene rings is 1. The topological polar surface area (TPSA) is 76.0 Å². The average Bonchev–Trinajstić information content (AvgIpc) is 3.01. The number of ether oxygens (including phenoxy) is 2. The third-order valence-corrected chi connectivity index (χ3v) is 5.99. The van der Waals surface area contributed by atoms with Crippen LogP contribution in [0.5, 0.6) is 0 Å². The molecule has 150 valence electrons. The zero-order valence-corrected chi connectivity index (χ0v) is 16.0. The second kappa shape index (κ2) is 10.2. The van der Waals surface area contributed by atoms with Gasteiger partial charge in [-0.2, -0.15) is 0 Å². The Balaban J connectivity index is 1.58. The van der Waals surface area contributed by atoms with Crippen LogP contribution >= 0.6 is 0 Å². The summed E-state index contributed by atoms with van der Waals surface area (Å²) < 4.78 is 12.1. The van der Waals surface area contributed by atoms with E-state index in [1.807, 2.05) is 18.2 Å². The van der Waals surface area contributed by atoms with Crippen LogP contribution in [0.3, 0.4) is 0 Å². The number of aliphatic carboxylic acids is 1. The van der Waals surface area contributed by atoms with Crippen molar-refractivity contribution in [2.75, 3.05) is 6.61 Å². The van der Waals surface area contributed by atoms with Crippen molar-refractivity contribution >= 4 is 5.97 Å². The fourth-order valence-corrected chi connectivity index (χ4v) is 4.52. The molecule has 0 aromatic heterocycles. The van der Waals surface area contributed by atoms with E-state index < -0.39 is 12.1 Å². The highest BCUT2D eigenvalue weighted by Crippen LogP contribution is 2.38. The SMILES string of the molecule is O=C(O)CC1C(O)CCC1CCC(Cc1ccccc1)OC1CCCCO1. The van der Waals surface area contributed by atoms with Crippen LogP contribution in [0.4, 0.5) is 0 Å². The van der Waals surface area contributed by atoms with Crippen molar-refractivity contribution in [3.8, 4) is 0 Å². The number of aliphatic hydroxyl groups excluding tert-OH is 1. The Hall–Kier alpha value is -1.43. The minimum atomic E-state index is -0.821. The second-order valence-electron chi connectivity index (χ2n) is 7.99. The molecule has 3 rings (SSSR count). The Morgan fingerprint density at radius 2 is 2.00 bits per heavy atom. The molecule has 1 aliphatic heterocycles. The summed E-state index contributed by atoms with van der Waals surface area (Å²) in [4.78, 5) is 11.1. The zero-order valence-electron chi connectivity index (χ0n) is 16.0. The molecule has 27 heavy (non-hydrogen) atoms. The van der Waals surface area contributed by atoms with Gasteiger partial charge in [0, 0.05) is 6.61 Å². The smallest absolute Gasteiger partial charge is 0.303 e. The van der Waals surface area contributed by atoms with Gasteiger partial charge in [0.05, 0.1) is 18.6 Å². The van der Waals surface area contributed by atoms with E-state index in [0.717, 1.165) is 51.6 Å². The monoisotopic (exact) mass is 376 g/mol. The van der Waals surface area contributed by atoms with Crippen LogP contribution in [0.2, 0.25) is 0 Å². The summed E-state index contributed by atoms with van der Waals surface area (Å²) in [6.07, 6.45) is 6.86. The summed E-state index contributed by atoms with van der Waals surface area (Å²) in [5.74, 6) is -0.699. The van der Waals surface area contributed by atoms with E-state index in [1.54, 1.807) is 0 Å². The van der Waals surface area contributed by atoms with Crippen LogP contribution < -0.4 is 0 Å². The molecule has 0 bridgehead atoms. The predicted molar refractivity (Wildman–Crippen MR) is 102 cm³/mol. The van der Waals surface area contributed by atoms with Gasteiger partial charge in [0.15, 0.2) is 6.29 Å². The lowest BCUT2D eigenvalue weighted by Crippen LogP contribution is -2.30. The number of aliphatic hydroxyl groups is 1. The number of rotatable bonds is 9. The maximum atomic E-state index is 11.1. The first-order valence-corrected chi connectivity index (χ1v) is 10.3.